The smallest absolute Gasteiger partial charge is 0.428 e. The molecule has 0 bridgehead atoms. The Kier molecular flexibility index (Phi) is 14.9. The van der Waals surface area contributed by atoms with Crippen molar-refractivity contribution < 1.29 is 32.8 Å². The van der Waals surface area contributed by atoms with Gasteiger partial charge in [-0.1, -0.05) is 69.5 Å². The topological polar surface area (TPSA) is 61.8 Å². The standard InChI is InChI=1S/C35H41Br3Cl2N2O5/c1-41(22-26-10-13-29(36)14-11-26,24-28-7-5-8-32(39)34(28)40)19-20-45-35(44)47-25-46-33(43)9-6-18-42(16-3-2-4-17-42)23-27-12-15-30(37)31(38)21-27/h5,7-8,10-15,21H,2-4,6,9,16-20,22-25H2,1H3/q+2. The number of benzene rings is 3. The fourth-order valence-corrected chi connectivity index (χ4v) is 7.48. The molecule has 0 aromatic heterocycles. The molecule has 47 heavy (non-hydrogen) atoms. The third-order valence-electron chi connectivity index (χ3n) is 8.59. The van der Waals surface area contributed by atoms with Gasteiger partial charge in [0.25, 0.3) is 0 Å². The zero-order chi connectivity index (χ0) is 33.9. The van der Waals surface area contributed by atoms with Gasteiger partial charge in [-0.2, -0.15) is 0 Å². The minimum Gasteiger partial charge on any atom is -0.428 e. The summed E-state index contributed by atoms with van der Waals surface area (Å²) in [7, 11) is 2.07. The zero-order valence-corrected chi connectivity index (χ0v) is 32.8. The maximum atomic E-state index is 12.5. The molecule has 1 heterocycles. The van der Waals surface area contributed by atoms with Gasteiger partial charge in [-0.15, -0.1) is 0 Å². The van der Waals surface area contributed by atoms with Crippen molar-refractivity contribution in [2.75, 3.05) is 46.6 Å². The summed E-state index contributed by atoms with van der Waals surface area (Å²) < 4.78 is 20.2. The summed E-state index contributed by atoms with van der Waals surface area (Å²) in [6, 6.07) is 20.1. The molecule has 0 radical (unpaired) electrons. The molecule has 0 saturated carbocycles. The van der Waals surface area contributed by atoms with Gasteiger partial charge in [-0.3, -0.25) is 4.79 Å². The van der Waals surface area contributed by atoms with Crippen LogP contribution in [0.1, 0.15) is 48.8 Å². The van der Waals surface area contributed by atoms with Gasteiger partial charge in [0.2, 0.25) is 6.79 Å². The number of rotatable bonds is 15. The average Bonchev–Trinajstić information content (AvgIpc) is 3.03. The highest BCUT2D eigenvalue weighted by atomic mass is 79.9. The van der Waals surface area contributed by atoms with E-state index in [1.54, 1.807) is 6.07 Å². The van der Waals surface area contributed by atoms with Crippen molar-refractivity contribution in [3.8, 4) is 0 Å². The molecular formula is C35H41Br3Cl2N2O5+2. The lowest BCUT2D eigenvalue weighted by Crippen LogP contribution is -2.51. The number of piperidine rings is 1. The van der Waals surface area contributed by atoms with Crippen LogP contribution in [0.5, 0.6) is 0 Å². The number of likely N-dealkylation sites (tertiary alicyclic amines) is 1. The Bertz CT molecular complexity index is 1510. The van der Waals surface area contributed by atoms with Crippen LogP contribution in [0.2, 0.25) is 10.0 Å². The molecule has 12 heteroatoms. The first-order chi connectivity index (χ1) is 22.5. The van der Waals surface area contributed by atoms with Crippen LogP contribution < -0.4 is 0 Å². The lowest BCUT2D eigenvalue weighted by molar-refractivity contribution is -0.945. The summed E-state index contributed by atoms with van der Waals surface area (Å²) in [5, 5.41) is 1.01. The number of ether oxygens (including phenoxy) is 3. The van der Waals surface area contributed by atoms with E-state index in [0.717, 1.165) is 55.2 Å². The van der Waals surface area contributed by atoms with Gasteiger partial charge in [0.05, 0.1) is 43.1 Å². The number of esters is 1. The lowest BCUT2D eigenvalue weighted by atomic mass is 10.0. The number of carbonyl (C=O) groups is 2. The van der Waals surface area contributed by atoms with Crippen LogP contribution in [0.25, 0.3) is 0 Å². The van der Waals surface area contributed by atoms with Crippen molar-refractivity contribution in [2.24, 2.45) is 0 Å². The molecule has 1 aliphatic heterocycles. The van der Waals surface area contributed by atoms with Crippen molar-refractivity contribution in [2.45, 2.75) is 51.7 Å². The van der Waals surface area contributed by atoms with E-state index in [0.29, 0.717) is 40.6 Å². The maximum Gasteiger partial charge on any atom is 0.511 e. The molecule has 1 aliphatic rings. The fraction of sp³-hybridized carbons (Fsp3) is 0.429. The molecule has 0 aliphatic carbocycles. The van der Waals surface area contributed by atoms with Crippen LogP contribution in [-0.2, 0) is 38.6 Å². The second-order valence-electron chi connectivity index (χ2n) is 12.5. The van der Waals surface area contributed by atoms with Crippen molar-refractivity contribution in [1.82, 2.24) is 0 Å². The molecule has 4 rings (SSSR count). The largest absolute Gasteiger partial charge is 0.511 e. The van der Waals surface area contributed by atoms with Gasteiger partial charge in [0.15, 0.2) is 0 Å². The molecular weight excluding hydrogens is 839 g/mol. The SMILES string of the molecule is C[N+](CCOC(=O)OCOC(=O)CCC[N+]1(Cc2ccc(Br)c(Br)c2)CCCCC1)(Cc1ccc(Br)cc1)Cc1cccc(Cl)c1Cl. The number of hydrogen-bond donors (Lipinski definition) is 0. The normalized spacial score (nSPS) is 15.4. The van der Waals surface area contributed by atoms with E-state index in [9.17, 15) is 9.59 Å². The second-order valence-corrected chi connectivity index (χ2v) is 15.9. The first-order valence-corrected chi connectivity index (χ1v) is 18.8. The minimum atomic E-state index is -0.882. The summed E-state index contributed by atoms with van der Waals surface area (Å²) in [6.45, 7) is 5.40. The Balaban J connectivity index is 1.21. The van der Waals surface area contributed by atoms with E-state index in [2.05, 4.69) is 85.2 Å². The van der Waals surface area contributed by atoms with E-state index in [1.807, 2.05) is 24.3 Å². The first kappa shape index (κ1) is 38.1. The quantitative estimate of drug-likeness (QED) is 0.0865. The van der Waals surface area contributed by atoms with Crippen molar-refractivity contribution in [3.05, 3.63) is 101 Å². The first-order valence-electron chi connectivity index (χ1n) is 15.7. The third kappa shape index (κ3) is 12.3. The Morgan fingerprint density at radius 1 is 0.851 bits per heavy atom. The minimum absolute atomic E-state index is 0.104. The molecule has 0 N–H and O–H groups in total. The van der Waals surface area contributed by atoms with Crippen molar-refractivity contribution in [3.63, 3.8) is 0 Å². The molecule has 1 atom stereocenters. The number of hydrogen-bond acceptors (Lipinski definition) is 5. The summed E-state index contributed by atoms with van der Waals surface area (Å²) in [5.41, 5.74) is 3.30. The number of likely N-dealkylation sites (N-methyl/N-ethyl adjacent to an activating group) is 1. The molecule has 1 unspecified atom stereocenters. The Morgan fingerprint density at radius 3 is 2.30 bits per heavy atom. The molecule has 0 amide bonds. The number of carbonyl (C=O) groups excluding carboxylic acids is 2. The van der Waals surface area contributed by atoms with Gasteiger partial charge in [0, 0.05) is 36.5 Å². The molecule has 7 nitrogen and oxygen atoms in total. The van der Waals surface area contributed by atoms with Gasteiger partial charge in [-0.25, -0.2) is 4.79 Å². The summed E-state index contributed by atoms with van der Waals surface area (Å²) >= 11 is 23.4. The van der Waals surface area contributed by atoms with Crippen LogP contribution in [0, 0.1) is 0 Å². The highest BCUT2D eigenvalue weighted by Gasteiger charge is 2.30. The number of quaternary nitrogens is 2. The third-order valence-corrected chi connectivity index (χ3v) is 11.9. The van der Waals surface area contributed by atoms with Crippen LogP contribution in [0.15, 0.2) is 74.1 Å². The molecule has 254 valence electrons. The summed E-state index contributed by atoms with van der Waals surface area (Å²) in [4.78, 5) is 24.8. The van der Waals surface area contributed by atoms with Crippen molar-refractivity contribution >= 4 is 83.1 Å². The highest BCUT2D eigenvalue weighted by molar-refractivity contribution is 9.13. The van der Waals surface area contributed by atoms with E-state index in [-0.39, 0.29) is 13.0 Å². The van der Waals surface area contributed by atoms with Crippen LogP contribution in [0.4, 0.5) is 4.79 Å². The Morgan fingerprint density at radius 2 is 1.57 bits per heavy atom. The lowest BCUT2D eigenvalue weighted by Gasteiger charge is -2.42. The van der Waals surface area contributed by atoms with E-state index >= 15 is 0 Å². The molecule has 1 fully saturated rings. The van der Waals surface area contributed by atoms with E-state index in [1.165, 1.54) is 24.8 Å². The zero-order valence-electron chi connectivity index (χ0n) is 26.5. The van der Waals surface area contributed by atoms with Gasteiger partial charge in [-0.05, 0) is 81.5 Å². The second kappa shape index (κ2) is 18.4. The summed E-state index contributed by atoms with van der Waals surface area (Å²) in [6.07, 6.45) is 3.71. The predicted molar refractivity (Wildman–Crippen MR) is 196 cm³/mol. The molecule has 0 spiro atoms. The average molecular weight is 880 g/mol. The van der Waals surface area contributed by atoms with E-state index in [4.69, 9.17) is 37.4 Å². The van der Waals surface area contributed by atoms with Crippen LogP contribution in [0.3, 0.4) is 0 Å². The highest BCUT2D eigenvalue weighted by Crippen LogP contribution is 2.30. The van der Waals surface area contributed by atoms with Gasteiger partial charge < -0.3 is 23.2 Å². The number of halogens is 5. The van der Waals surface area contributed by atoms with E-state index < -0.39 is 18.9 Å². The monoisotopic (exact) mass is 876 g/mol. The van der Waals surface area contributed by atoms with Crippen LogP contribution >= 0.6 is 71.0 Å². The Labute approximate surface area is 313 Å². The van der Waals surface area contributed by atoms with Gasteiger partial charge in [0.1, 0.15) is 32.8 Å². The molecule has 3 aromatic rings. The Hall–Kier alpha value is -1.66. The molecule has 1 saturated heterocycles. The maximum absolute atomic E-state index is 12.5. The van der Waals surface area contributed by atoms with Gasteiger partial charge >= 0.3 is 12.1 Å². The van der Waals surface area contributed by atoms with Crippen molar-refractivity contribution in [1.29, 1.82) is 0 Å². The van der Waals surface area contributed by atoms with Crippen LogP contribution in [-0.4, -0.2) is 67.7 Å². The fourth-order valence-electron chi connectivity index (χ4n) is 6.16. The molecule has 3 aromatic carbocycles. The predicted octanol–water partition coefficient (Wildman–Crippen LogP) is 10.1. The summed E-state index contributed by atoms with van der Waals surface area (Å²) in [5.74, 6) is -0.392. The number of nitrogens with zero attached hydrogens (tertiary/aromatic N) is 2.